The van der Waals surface area contributed by atoms with E-state index >= 15 is 0 Å². The topological polar surface area (TPSA) is 9.23 Å². The van der Waals surface area contributed by atoms with Crippen molar-refractivity contribution in [3.8, 4) is 0 Å². The van der Waals surface area contributed by atoms with Gasteiger partial charge in [-0.3, -0.25) is 0 Å². The molecule has 170 valence electrons. The quantitative estimate of drug-likeness (QED) is 0.367. The average Bonchev–Trinajstić information content (AvgIpc) is 3.10. The summed E-state index contributed by atoms with van der Waals surface area (Å²) in [5.41, 5.74) is 2.54. The van der Waals surface area contributed by atoms with Crippen LogP contribution in [0.25, 0.3) is 0 Å². The minimum Gasteiger partial charge on any atom is -0.407 e. The summed E-state index contributed by atoms with van der Waals surface area (Å²) < 4.78 is 7.38. The van der Waals surface area contributed by atoms with E-state index < -0.39 is 8.32 Å². The summed E-state index contributed by atoms with van der Waals surface area (Å²) >= 11 is 0. The number of fused-ring (bicyclic) bond motifs is 3. The van der Waals surface area contributed by atoms with Gasteiger partial charge in [0.15, 0.2) is 0 Å². The van der Waals surface area contributed by atoms with Gasteiger partial charge in [0, 0.05) is 6.61 Å². The van der Waals surface area contributed by atoms with Crippen LogP contribution in [0.3, 0.4) is 0 Å². The van der Waals surface area contributed by atoms with E-state index in [2.05, 4.69) is 101 Å². The molecule has 0 amide bonds. The molecule has 3 aliphatic carbocycles. The Labute approximate surface area is 196 Å². The SMILES string of the molecule is CC(C)(C)[Si](OC[C@@]1(C)CC2=CC[C@@H]3CC[C@]3(C)[C@H]2C1)(c1ccccc1)c1ccccc1. The van der Waals surface area contributed by atoms with Gasteiger partial charge in [0.1, 0.15) is 0 Å². The Morgan fingerprint density at radius 2 is 1.53 bits per heavy atom. The summed E-state index contributed by atoms with van der Waals surface area (Å²) in [4.78, 5) is 0. The second-order valence-electron chi connectivity index (χ2n) is 12.5. The number of allylic oxidation sites excluding steroid dienone is 2. The highest BCUT2D eigenvalue weighted by Crippen LogP contribution is 2.65. The van der Waals surface area contributed by atoms with Crippen LogP contribution in [0, 0.1) is 22.7 Å². The van der Waals surface area contributed by atoms with Crippen LogP contribution in [0.1, 0.15) is 66.7 Å². The van der Waals surface area contributed by atoms with Gasteiger partial charge in [0.2, 0.25) is 0 Å². The highest BCUT2D eigenvalue weighted by atomic mass is 28.4. The monoisotopic (exact) mass is 444 g/mol. The molecular weight excluding hydrogens is 404 g/mol. The molecule has 2 fully saturated rings. The number of rotatable bonds is 5. The van der Waals surface area contributed by atoms with E-state index in [1.165, 1.54) is 42.5 Å². The molecule has 0 unspecified atom stereocenters. The molecule has 2 heteroatoms. The zero-order valence-electron chi connectivity index (χ0n) is 20.7. The van der Waals surface area contributed by atoms with Crippen LogP contribution in [0.2, 0.25) is 5.04 Å². The lowest BCUT2D eigenvalue weighted by atomic mass is 9.51. The summed E-state index contributed by atoms with van der Waals surface area (Å²) in [7, 11) is -2.47. The fourth-order valence-electron chi connectivity index (χ4n) is 7.28. The molecule has 0 spiro atoms. The molecule has 4 atom stereocenters. The Bertz CT molecular complexity index is 949. The Kier molecular flexibility index (Phi) is 5.34. The van der Waals surface area contributed by atoms with E-state index in [4.69, 9.17) is 4.43 Å². The third-order valence-corrected chi connectivity index (χ3v) is 14.2. The Morgan fingerprint density at radius 3 is 2.03 bits per heavy atom. The Morgan fingerprint density at radius 1 is 0.938 bits per heavy atom. The van der Waals surface area contributed by atoms with Crippen LogP contribution in [-0.2, 0) is 4.43 Å². The molecule has 3 aliphatic rings. The largest absolute Gasteiger partial charge is 0.407 e. The van der Waals surface area contributed by atoms with E-state index in [-0.39, 0.29) is 10.5 Å². The smallest absolute Gasteiger partial charge is 0.261 e. The molecule has 0 aromatic heterocycles. The first kappa shape index (κ1) is 22.2. The molecule has 0 N–H and O–H groups in total. The van der Waals surface area contributed by atoms with E-state index in [1.807, 2.05) is 0 Å². The fourth-order valence-corrected chi connectivity index (χ4v) is 12.0. The normalized spacial score (nSPS) is 32.0. The van der Waals surface area contributed by atoms with E-state index in [9.17, 15) is 0 Å². The van der Waals surface area contributed by atoms with Crippen molar-refractivity contribution in [2.75, 3.05) is 6.61 Å². The van der Waals surface area contributed by atoms with E-state index in [1.54, 1.807) is 5.57 Å². The van der Waals surface area contributed by atoms with Gasteiger partial charge in [-0.2, -0.15) is 0 Å². The molecular formula is C30H40OSi. The van der Waals surface area contributed by atoms with Crippen LogP contribution in [0.5, 0.6) is 0 Å². The molecule has 0 saturated heterocycles. The van der Waals surface area contributed by atoms with Crippen LogP contribution in [0.15, 0.2) is 72.3 Å². The third kappa shape index (κ3) is 3.37. The number of hydrogen-bond acceptors (Lipinski definition) is 1. The lowest BCUT2D eigenvalue weighted by Crippen LogP contribution is -2.67. The summed E-state index contributed by atoms with van der Waals surface area (Å²) in [6.45, 7) is 13.1. The lowest BCUT2D eigenvalue weighted by molar-refractivity contribution is -0.0121. The summed E-state index contributed by atoms with van der Waals surface area (Å²) in [6.07, 6.45) is 9.30. The number of benzene rings is 2. The Hall–Kier alpha value is -1.64. The summed E-state index contributed by atoms with van der Waals surface area (Å²) in [6, 6.07) is 22.2. The zero-order chi connectivity index (χ0) is 22.6. The summed E-state index contributed by atoms with van der Waals surface area (Å²) in [5, 5.41) is 2.83. The second-order valence-corrected chi connectivity index (χ2v) is 16.8. The van der Waals surface area contributed by atoms with Gasteiger partial charge >= 0.3 is 0 Å². The third-order valence-electron chi connectivity index (χ3n) is 9.25. The average molecular weight is 445 g/mol. The van der Waals surface area contributed by atoms with Gasteiger partial charge in [0.25, 0.3) is 8.32 Å². The highest BCUT2D eigenvalue weighted by Gasteiger charge is 2.57. The number of hydrogen-bond donors (Lipinski definition) is 0. The van der Waals surface area contributed by atoms with Crippen molar-refractivity contribution in [1.29, 1.82) is 0 Å². The van der Waals surface area contributed by atoms with Crippen molar-refractivity contribution in [3.05, 3.63) is 72.3 Å². The molecule has 2 aromatic carbocycles. The standard InChI is InChI=1S/C30H40OSi/c1-28(2,3)32(25-12-8-6-9-13-25,26-14-10-7-11-15-26)31-22-29(4)20-23-16-17-24-18-19-30(24,5)27(23)21-29/h6-16,24,27H,17-22H2,1-5H3/t24-,27+,29+,30+/m1/s1. The molecule has 5 rings (SSSR count). The van der Waals surface area contributed by atoms with Crippen molar-refractivity contribution in [1.82, 2.24) is 0 Å². The van der Waals surface area contributed by atoms with Crippen molar-refractivity contribution >= 4 is 18.7 Å². The van der Waals surface area contributed by atoms with Gasteiger partial charge in [-0.15, -0.1) is 0 Å². The maximum Gasteiger partial charge on any atom is 0.261 e. The highest BCUT2D eigenvalue weighted by molar-refractivity contribution is 6.99. The van der Waals surface area contributed by atoms with Crippen molar-refractivity contribution < 1.29 is 4.43 Å². The molecule has 1 nitrogen and oxygen atoms in total. The molecule has 0 bridgehead atoms. The predicted molar refractivity (Wildman–Crippen MR) is 138 cm³/mol. The second kappa shape index (κ2) is 7.70. The summed E-state index contributed by atoms with van der Waals surface area (Å²) in [5.74, 6) is 1.71. The zero-order valence-corrected chi connectivity index (χ0v) is 21.7. The maximum absolute atomic E-state index is 7.38. The van der Waals surface area contributed by atoms with Crippen LogP contribution < -0.4 is 10.4 Å². The van der Waals surface area contributed by atoms with Gasteiger partial charge in [0.05, 0.1) is 0 Å². The molecule has 2 aromatic rings. The first-order chi connectivity index (χ1) is 15.2. The molecule has 2 saturated carbocycles. The molecule has 0 heterocycles. The van der Waals surface area contributed by atoms with E-state index in [0.29, 0.717) is 5.41 Å². The van der Waals surface area contributed by atoms with Gasteiger partial charge < -0.3 is 4.43 Å². The van der Waals surface area contributed by atoms with Crippen molar-refractivity contribution in [2.24, 2.45) is 22.7 Å². The molecule has 32 heavy (non-hydrogen) atoms. The predicted octanol–water partition coefficient (Wildman–Crippen LogP) is 6.73. The van der Waals surface area contributed by atoms with Crippen molar-refractivity contribution in [3.63, 3.8) is 0 Å². The van der Waals surface area contributed by atoms with Crippen LogP contribution in [-0.4, -0.2) is 14.9 Å². The lowest BCUT2D eigenvalue weighted by Gasteiger charge is -2.54. The van der Waals surface area contributed by atoms with E-state index in [0.717, 1.165) is 18.4 Å². The Balaban J connectivity index is 1.49. The minimum absolute atomic E-state index is 0.0434. The van der Waals surface area contributed by atoms with Gasteiger partial charge in [-0.1, -0.05) is 107 Å². The minimum atomic E-state index is -2.47. The molecule has 0 radical (unpaired) electrons. The van der Waals surface area contributed by atoms with Crippen LogP contribution in [0.4, 0.5) is 0 Å². The van der Waals surface area contributed by atoms with Gasteiger partial charge in [-0.05, 0) is 70.2 Å². The first-order valence-electron chi connectivity index (χ1n) is 12.6. The van der Waals surface area contributed by atoms with Crippen LogP contribution >= 0.6 is 0 Å². The maximum atomic E-state index is 7.38. The van der Waals surface area contributed by atoms with Gasteiger partial charge in [-0.25, -0.2) is 0 Å². The first-order valence-corrected chi connectivity index (χ1v) is 14.5. The van der Waals surface area contributed by atoms with Crippen molar-refractivity contribution in [2.45, 2.75) is 71.8 Å². The molecule has 0 aliphatic heterocycles. The fraction of sp³-hybridized carbons (Fsp3) is 0.533.